The third kappa shape index (κ3) is 4.68. The molecule has 3 aromatic heterocycles. The molecule has 4 aromatic rings. The van der Waals surface area contributed by atoms with Crippen molar-refractivity contribution >= 4 is 39.1 Å². The number of nitriles is 1. The number of hydrogen-bond acceptors (Lipinski definition) is 6. The number of anilines is 2. The maximum Gasteiger partial charge on any atom is 0.393 e. The van der Waals surface area contributed by atoms with Gasteiger partial charge in [0.15, 0.2) is 0 Å². The lowest BCUT2D eigenvalue weighted by atomic mass is 9.99. The second kappa shape index (κ2) is 8.67. The topological polar surface area (TPSA) is 83.6 Å². The zero-order valence-corrected chi connectivity index (χ0v) is 19.3. The molecule has 0 unspecified atom stereocenters. The zero-order valence-electron chi connectivity index (χ0n) is 18.5. The molecule has 0 amide bonds. The summed E-state index contributed by atoms with van der Waals surface area (Å²) < 4.78 is 39.9. The molecular formula is C25H18F3N5OS. The fourth-order valence-corrected chi connectivity index (χ4v) is 5.21. The Kier molecular flexibility index (Phi) is 5.65. The predicted octanol–water partition coefficient (Wildman–Crippen LogP) is 5.52. The molecule has 1 aliphatic carbocycles. The van der Waals surface area contributed by atoms with Crippen molar-refractivity contribution in [2.45, 2.75) is 32.5 Å². The third-order valence-corrected chi connectivity index (χ3v) is 6.96. The Balaban J connectivity index is 1.38. The molecule has 5 rings (SSSR count). The summed E-state index contributed by atoms with van der Waals surface area (Å²) in [4.78, 5) is 21.6. The van der Waals surface area contributed by atoms with Crippen LogP contribution in [0.4, 0.5) is 24.7 Å². The van der Waals surface area contributed by atoms with Crippen LogP contribution in [0.25, 0.3) is 16.3 Å². The highest BCUT2D eigenvalue weighted by Crippen LogP contribution is 2.33. The number of alkyl halides is 3. The molecule has 1 N–H and O–H groups in total. The minimum Gasteiger partial charge on any atom is -0.339 e. The van der Waals surface area contributed by atoms with Crippen LogP contribution in [-0.4, -0.2) is 20.7 Å². The average Bonchev–Trinajstić information content (AvgIpc) is 3.40. The summed E-state index contributed by atoms with van der Waals surface area (Å²) in [6, 6.07) is 10.8. The molecule has 10 heteroatoms. The maximum absolute atomic E-state index is 12.8. The van der Waals surface area contributed by atoms with Crippen molar-refractivity contribution in [3.05, 3.63) is 85.9 Å². The summed E-state index contributed by atoms with van der Waals surface area (Å²) in [7, 11) is 0. The van der Waals surface area contributed by atoms with Crippen LogP contribution in [0.2, 0.25) is 0 Å². The monoisotopic (exact) mass is 493 g/mol. The summed E-state index contributed by atoms with van der Waals surface area (Å²) in [6.07, 6.45) is 0.136. The van der Waals surface area contributed by atoms with Gasteiger partial charge in [-0.3, -0.25) is 4.79 Å². The first kappa shape index (κ1) is 22.8. The van der Waals surface area contributed by atoms with Crippen LogP contribution in [-0.2, 0) is 19.4 Å². The fraction of sp³-hybridized carbons (Fsp3) is 0.200. The van der Waals surface area contributed by atoms with Crippen molar-refractivity contribution in [3.63, 3.8) is 0 Å². The van der Waals surface area contributed by atoms with E-state index in [9.17, 15) is 23.2 Å². The van der Waals surface area contributed by atoms with Gasteiger partial charge < -0.3 is 9.88 Å². The highest BCUT2D eigenvalue weighted by molar-refractivity contribution is 7.18. The van der Waals surface area contributed by atoms with Crippen LogP contribution in [0.1, 0.15) is 27.1 Å². The standard InChI is InChI=1S/C25H18F3N5OS/c1-14-17(3-2-16-6-15(11-29)7-20(14)16)12-33-5-4-18(8-22(33)34)32-23-21-9-19(10-25(26,27)28)35-24(21)31-13-30-23/h2-5,7-9,13H,6,10,12H2,1H3,(H,30,31,32). The highest BCUT2D eigenvalue weighted by Gasteiger charge is 2.29. The number of nitrogens with zero attached hydrogens (tertiary/aromatic N) is 4. The zero-order chi connectivity index (χ0) is 24.7. The Morgan fingerprint density at radius 1 is 1.23 bits per heavy atom. The number of thiophene rings is 1. The van der Waals surface area contributed by atoms with Crippen LogP contribution >= 0.6 is 11.3 Å². The van der Waals surface area contributed by atoms with E-state index < -0.39 is 12.6 Å². The lowest BCUT2D eigenvalue weighted by molar-refractivity contribution is -0.126. The summed E-state index contributed by atoms with van der Waals surface area (Å²) in [5, 5.41) is 12.7. The second-order valence-corrected chi connectivity index (χ2v) is 9.45. The minimum absolute atomic E-state index is 0.146. The second-order valence-electron chi connectivity index (χ2n) is 8.33. The van der Waals surface area contributed by atoms with E-state index in [1.165, 1.54) is 18.5 Å². The van der Waals surface area contributed by atoms with Gasteiger partial charge in [-0.05, 0) is 47.4 Å². The Bertz CT molecular complexity index is 1590. The lowest BCUT2D eigenvalue weighted by Crippen LogP contribution is -2.20. The van der Waals surface area contributed by atoms with E-state index >= 15 is 0 Å². The van der Waals surface area contributed by atoms with Gasteiger partial charge in [-0.2, -0.15) is 18.4 Å². The Morgan fingerprint density at radius 2 is 2.06 bits per heavy atom. The quantitative estimate of drug-likeness (QED) is 0.396. The molecule has 176 valence electrons. The molecule has 0 radical (unpaired) electrons. The Labute approximate surface area is 202 Å². The van der Waals surface area contributed by atoms with Gasteiger partial charge >= 0.3 is 6.18 Å². The van der Waals surface area contributed by atoms with Crippen LogP contribution < -0.4 is 10.9 Å². The third-order valence-electron chi connectivity index (χ3n) is 5.92. The van der Waals surface area contributed by atoms with E-state index in [1.807, 2.05) is 25.1 Å². The van der Waals surface area contributed by atoms with Gasteiger partial charge in [-0.25, -0.2) is 9.97 Å². The first-order valence-corrected chi connectivity index (χ1v) is 11.5. The normalized spacial score (nSPS) is 12.9. The van der Waals surface area contributed by atoms with Gasteiger partial charge in [0.25, 0.3) is 5.56 Å². The van der Waals surface area contributed by atoms with E-state index in [1.54, 1.807) is 16.8 Å². The fourth-order valence-electron chi connectivity index (χ4n) is 4.18. The molecular weight excluding hydrogens is 475 g/mol. The predicted molar refractivity (Wildman–Crippen MR) is 129 cm³/mol. The molecule has 1 aliphatic rings. The number of rotatable bonds is 5. The van der Waals surface area contributed by atoms with Gasteiger partial charge in [-0.1, -0.05) is 12.1 Å². The van der Waals surface area contributed by atoms with Gasteiger partial charge in [-0.15, -0.1) is 11.3 Å². The van der Waals surface area contributed by atoms with Gasteiger partial charge in [0.05, 0.1) is 24.4 Å². The summed E-state index contributed by atoms with van der Waals surface area (Å²) in [6.45, 7) is 2.36. The van der Waals surface area contributed by atoms with E-state index in [-0.39, 0.29) is 10.4 Å². The first-order valence-electron chi connectivity index (χ1n) is 10.7. The molecule has 0 bridgehead atoms. The van der Waals surface area contributed by atoms with Crippen molar-refractivity contribution in [2.24, 2.45) is 0 Å². The van der Waals surface area contributed by atoms with Crippen molar-refractivity contribution in [2.75, 3.05) is 5.32 Å². The number of nitrogens with one attached hydrogen (secondary N) is 1. The maximum atomic E-state index is 12.8. The molecule has 3 heterocycles. The number of aromatic nitrogens is 3. The van der Waals surface area contributed by atoms with Gasteiger partial charge in [0.2, 0.25) is 0 Å². The van der Waals surface area contributed by atoms with Gasteiger partial charge in [0, 0.05) is 34.8 Å². The number of hydrogen-bond donors (Lipinski definition) is 1. The lowest BCUT2D eigenvalue weighted by Gasteiger charge is -2.13. The minimum atomic E-state index is -4.31. The summed E-state index contributed by atoms with van der Waals surface area (Å²) >= 11 is 0.968. The molecule has 0 saturated heterocycles. The van der Waals surface area contributed by atoms with Crippen molar-refractivity contribution in [1.29, 1.82) is 5.26 Å². The summed E-state index contributed by atoms with van der Waals surface area (Å²) in [5.41, 5.74) is 5.13. The van der Waals surface area contributed by atoms with E-state index in [0.717, 1.165) is 39.2 Å². The van der Waals surface area contributed by atoms with Crippen molar-refractivity contribution in [1.82, 2.24) is 14.5 Å². The molecule has 0 fully saturated rings. The van der Waals surface area contributed by atoms with Crippen LogP contribution in [0, 0.1) is 18.3 Å². The first-order chi connectivity index (χ1) is 16.7. The molecule has 35 heavy (non-hydrogen) atoms. The molecule has 0 aliphatic heterocycles. The summed E-state index contributed by atoms with van der Waals surface area (Å²) in [5.74, 6) is 0.339. The molecule has 0 saturated carbocycles. The number of allylic oxidation sites excluding steroid dienone is 1. The van der Waals surface area contributed by atoms with Crippen molar-refractivity contribution in [3.8, 4) is 6.07 Å². The Morgan fingerprint density at radius 3 is 2.80 bits per heavy atom. The average molecular weight is 494 g/mol. The molecule has 6 nitrogen and oxygen atoms in total. The van der Waals surface area contributed by atoms with Gasteiger partial charge in [0.1, 0.15) is 17.0 Å². The Hall–Kier alpha value is -3.97. The largest absolute Gasteiger partial charge is 0.393 e. The molecule has 0 atom stereocenters. The number of benzene rings is 1. The highest BCUT2D eigenvalue weighted by atomic mass is 32.1. The smallest absolute Gasteiger partial charge is 0.339 e. The van der Waals surface area contributed by atoms with Crippen LogP contribution in [0.15, 0.2) is 53.2 Å². The number of pyridine rings is 1. The molecule has 0 spiro atoms. The van der Waals surface area contributed by atoms with E-state index in [2.05, 4.69) is 21.4 Å². The SMILES string of the molecule is Cc1c(Cn2ccc(Nc3ncnc4sc(CC(F)(F)F)cc34)cc2=O)ccc2c1C=C(C#N)C2. The van der Waals surface area contributed by atoms with Crippen LogP contribution in [0.3, 0.4) is 0 Å². The number of fused-ring (bicyclic) bond motifs is 2. The van der Waals surface area contributed by atoms with Crippen LogP contribution in [0.5, 0.6) is 0 Å². The van der Waals surface area contributed by atoms with E-state index in [4.69, 9.17) is 0 Å². The number of halogens is 3. The van der Waals surface area contributed by atoms with E-state index in [0.29, 0.717) is 34.7 Å². The molecule has 1 aromatic carbocycles. The van der Waals surface area contributed by atoms with Crippen molar-refractivity contribution < 1.29 is 13.2 Å².